The highest BCUT2D eigenvalue weighted by Gasteiger charge is 2.21. The summed E-state index contributed by atoms with van der Waals surface area (Å²) in [6, 6.07) is 5.24. The number of anilines is 1. The van der Waals surface area contributed by atoms with Crippen LogP contribution in [0.15, 0.2) is 18.2 Å². The molecule has 0 saturated carbocycles. The van der Waals surface area contributed by atoms with Crippen LogP contribution < -0.4 is 14.8 Å². The molecule has 0 fully saturated rings. The maximum Gasteiger partial charge on any atom is 0.275 e. The molecule has 2 heterocycles. The van der Waals surface area contributed by atoms with Gasteiger partial charge in [-0.3, -0.25) is 4.79 Å². The molecule has 0 radical (unpaired) electrons. The van der Waals surface area contributed by atoms with E-state index in [9.17, 15) is 4.79 Å². The van der Waals surface area contributed by atoms with Crippen LogP contribution in [0.25, 0.3) is 0 Å². The van der Waals surface area contributed by atoms with E-state index in [4.69, 9.17) is 21.1 Å². The first kappa shape index (κ1) is 14.2. The van der Waals surface area contributed by atoms with Crippen molar-refractivity contribution in [2.24, 2.45) is 0 Å². The van der Waals surface area contributed by atoms with Gasteiger partial charge in [0, 0.05) is 16.6 Å². The van der Waals surface area contributed by atoms with Crippen LogP contribution in [0.4, 0.5) is 5.69 Å². The van der Waals surface area contributed by atoms with E-state index in [-0.39, 0.29) is 18.6 Å². The summed E-state index contributed by atoms with van der Waals surface area (Å²) in [6.45, 7) is 4.20. The van der Waals surface area contributed by atoms with Gasteiger partial charge in [0.2, 0.25) is 6.79 Å². The van der Waals surface area contributed by atoms with Crippen molar-refractivity contribution in [1.29, 1.82) is 0 Å². The molecule has 7 heteroatoms. The van der Waals surface area contributed by atoms with Crippen molar-refractivity contribution in [3.63, 3.8) is 0 Å². The molecule has 1 aliphatic heterocycles. The van der Waals surface area contributed by atoms with E-state index in [2.05, 4.69) is 10.3 Å². The normalized spacial score (nSPS) is 12.8. The first-order valence-electron chi connectivity index (χ1n) is 6.42. The summed E-state index contributed by atoms with van der Waals surface area (Å²) < 4.78 is 10.9. The molecule has 0 saturated heterocycles. The van der Waals surface area contributed by atoms with Crippen molar-refractivity contribution in [2.45, 2.75) is 19.8 Å². The number of hydrogen-bond donors (Lipinski definition) is 1. The van der Waals surface area contributed by atoms with E-state index in [1.807, 2.05) is 13.8 Å². The standard InChI is InChI=1S/C14H13ClN2O3S/c1-7(2)12-11(17-14(15)21-12)13(18)16-8-3-4-9-10(5-8)20-6-19-9/h3-5,7H,6H2,1-2H3,(H,16,18). The van der Waals surface area contributed by atoms with Crippen molar-refractivity contribution < 1.29 is 14.3 Å². The zero-order chi connectivity index (χ0) is 15.0. The number of nitrogens with zero attached hydrogens (tertiary/aromatic N) is 1. The number of carbonyl (C=O) groups is 1. The van der Waals surface area contributed by atoms with Crippen LogP contribution in [0.3, 0.4) is 0 Å². The highest BCUT2D eigenvalue weighted by molar-refractivity contribution is 7.16. The summed E-state index contributed by atoms with van der Waals surface area (Å²) in [5, 5.41) is 2.81. The first-order chi connectivity index (χ1) is 10.0. The molecule has 110 valence electrons. The Morgan fingerprint density at radius 1 is 1.38 bits per heavy atom. The molecule has 1 aromatic heterocycles. The van der Waals surface area contributed by atoms with Gasteiger partial charge in [-0.25, -0.2) is 4.98 Å². The third kappa shape index (κ3) is 2.82. The van der Waals surface area contributed by atoms with Gasteiger partial charge in [0.05, 0.1) is 0 Å². The lowest BCUT2D eigenvalue weighted by molar-refractivity contribution is 0.102. The molecule has 0 bridgehead atoms. The number of thiazole rings is 1. The zero-order valence-electron chi connectivity index (χ0n) is 11.5. The minimum absolute atomic E-state index is 0.188. The summed E-state index contributed by atoms with van der Waals surface area (Å²) in [6.07, 6.45) is 0. The molecule has 1 N–H and O–H groups in total. The van der Waals surface area contributed by atoms with Crippen molar-refractivity contribution in [1.82, 2.24) is 4.98 Å². The number of ether oxygens (including phenoxy) is 2. The summed E-state index contributed by atoms with van der Waals surface area (Å²) in [5.74, 6) is 1.20. The average Bonchev–Trinajstić information content (AvgIpc) is 3.04. The van der Waals surface area contributed by atoms with E-state index in [0.29, 0.717) is 27.3 Å². The molecule has 3 rings (SSSR count). The predicted molar refractivity (Wildman–Crippen MR) is 81.7 cm³/mol. The highest BCUT2D eigenvalue weighted by Crippen LogP contribution is 2.35. The molecule has 1 aliphatic rings. The maximum absolute atomic E-state index is 12.4. The summed E-state index contributed by atoms with van der Waals surface area (Å²) >= 11 is 7.25. The molecule has 2 aromatic rings. The van der Waals surface area contributed by atoms with E-state index < -0.39 is 0 Å². The second-order valence-corrected chi connectivity index (χ2v) is 6.47. The molecule has 0 spiro atoms. The number of rotatable bonds is 3. The van der Waals surface area contributed by atoms with E-state index >= 15 is 0 Å². The van der Waals surface area contributed by atoms with Gasteiger partial charge in [0.15, 0.2) is 16.0 Å². The number of fused-ring (bicyclic) bond motifs is 1. The second kappa shape index (κ2) is 5.54. The van der Waals surface area contributed by atoms with Gasteiger partial charge in [-0.2, -0.15) is 0 Å². The fourth-order valence-corrected chi connectivity index (χ4v) is 3.15. The Bertz CT molecular complexity index is 700. The lowest BCUT2D eigenvalue weighted by Crippen LogP contribution is -2.14. The quantitative estimate of drug-likeness (QED) is 0.930. The minimum Gasteiger partial charge on any atom is -0.454 e. The Morgan fingerprint density at radius 3 is 2.90 bits per heavy atom. The Labute approximate surface area is 130 Å². The van der Waals surface area contributed by atoms with Gasteiger partial charge in [0.1, 0.15) is 5.69 Å². The highest BCUT2D eigenvalue weighted by atomic mass is 35.5. The van der Waals surface area contributed by atoms with E-state index in [0.717, 1.165) is 4.88 Å². The van der Waals surface area contributed by atoms with Gasteiger partial charge in [-0.05, 0) is 18.1 Å². The third-order valence-corrected chi connectivity index (χ3v) is 4.46. The number of aromatic nitrogens is 1. The van der Waals surface area contributed by atoms with Gasteiger partial charge in [-0.15, -0.1) is 11.3 Å². The summed E-state index contributed by atoms with van der Waals surface area (Å²) in [5.41, 5.74) is 1.00. The summed E-state index contributed by atoms with van der Waals surface area (Å²) in [4.78, 5) is 17.3. The maximum atomic E-state index is 12.4. The van der Waals surface area contributed by atoms with Crippen LogP contribution >= 0.6 is 22.9 Å². The molecule has 1 aromatic carbocycles. The number of nitrogens with one attached hydrogen (secondary N) is 1. The van der Waals surface area contributed by atoms with Crippen molar-refractivity contribution in [3.05, 3.63) is 33.2 Å². The molecule has 0 unspecified atom stereocenters. The number of hydrogen-bond acceptors (Lipinski definition) is 5. The van der Waals surface area contributed by atoms with Crippen molar-refractivity contribution in [2.75, 3.05) is 12.1 Å². The molecule has 0 aliphatic carbocycles. The molecule has 21 heavy (non-hydrogen) atoms. The Balaban J connectivity index is 1.83. The van der Waals surface area contributed by atoms with Crippen molar-refractivity contribution in [3.8, 4) is 11.5 Å². The van der Waals surface area contributed by atoms with Crippen LogP contribution in [0.2, 0.25) is 4.47 Å². The molecular formula is C14H13ClN2O3S. The third-order valence-electron chi connectivity index (χ3n) is 3.00. The lowest BCUT2D eigenvalue weighted by Gasteiger charge is -2.07. The largest absolute Gasteiger partial charge is 0.454 e. The zero-order valence-corrected chi connectivity index (χ0v) is 13.0. The van der Waals surface area contributed by atoms with Gasteiger partial charge < -0.3 is 14.8 Å². The molecular weight excluding hydrogens is 312 g/mol. The van der Waals surface area contributed by atoms with Crippen LogP contribution in [0.1, 0.15) is 35.1 Å². The predicted octanol–water partition coefficient (Wildman–Crippen LogP) is 3.90. The van der Waals surface area contributed by atoms with Crippen LogP contribution in [0.5, 0.6) is 11.5 Å². The first-order valence-corrected chi connectivity index (χ1v) is 7.61. The topological polar surface area (TPSA) is 60.5 Å². The Morgan fingerprint density at radius 2 is 2.14 bits per heavy atom. The van der Waals surface area contributed by atoms with Gasteiger partial charge in [0.25, 0.3) is 5.91 Å². The number of halogens is 1. The SMILES string of the molecule is CC(C)c1sc(Cl)nc1C(=O)Nc1ccc2c(c1)OCO2. The monoisotopic (exact) mass is 324 g/mol. The van der Waals surface area contributed by atoms with E-state index in [1.54, 1.807) is 18.2 Å². The Hall–Kier alpha value is -1.79. The second-order valence-electron chi connectivity index (χ2n) is 4.86. The average molecular weight is 325 g/mol. The van der Waals surface area contributed by atoms with Crippen LogP contribution in [-0.4, -0.2) is 17.7 Å². The number of benzene rings is 1. The minimum atomic E-state index is -0.277. The van der Waals surface area contributed by atoms with E-state index in [1.165, 1.54) is 11.3 Å². The summed E-state index contributed by atoms with van der Waals surface area (Å²) in [7, 11) is 0. The fourth-order valence-electron chi connectivity index (χ4n) is 2.02. The van der Waals surface area contributed by atoms with Crippen LogP contribution in [-0.2, 0) is 0 Å². The Kier molecular flexibility index (Phi) is 3.73. The van der Waals surface area contributed by atoms with Crippen LogP contribution in [0, 0.1) is 0 Å². The molecule has 0 atom stereocenters. The smallest absolute Gasteiger partial charge is 0.275 e. The molecule has 1 amide bonds. The molecule has 5 nitrogen and oxygen atoms in total. The number of carbonyl (C=O) groups excluding carboxylic acids is 1. The lowest BCUT2D eigenvalue weighted by atomic mass is 10.1. The fraction of sp³-hybridized carbons (Fsp3) is 0.286. The number of amides is 1. The van der Waals surface area contributed by atoms with Gasteiger partial charge in [-0.1, -0.05) is 25.4 Å². The van der Waals surface area contributed by atoms with Gasteiger partial charge >= 0.3 is 0 Å². The van der Waals surface area contributed by atoms with Crippen molar-refractivity contribution >= 4 is 34.5 Å².